The van der Waals surface area contributed by atoms with Gasteiger partial charge in [-0.3, -0.25) is 4.40 Å². The van der Waals surface area contributed by atoms with E-state index in [1.54, 1.807) is 29.7 Å². The highest BCUT2D eigenvalue weighted by atomic mass is 16.5. The number of imidazole rings is 1. The number of fused-ring (bicyclic) bond motifs is 1. The number of aromatic carboxylic acids is 1. The summed E-state index contributed by atoms with van der Waals surface area (Å²) in [4.78, 5) is 15.5. The summed E-state index contributed by atoms with van der Waals surface area (Å²) in [5.74, 6) is 0.227. The number of methoxy groups -OCH3 is 1. The molecule has 2 heterocycles. The summed E-state index contributed by atoms with van der Waals surface area (Å²) in [6.45, 7) is 0.541. The first kappa shape index (κ1) is 12.0. The van der Waals surface area contributed by atoms with Gasteiger partial charge in [0.25, 0.3) is 0 Å². The lowest BCUT2D eigenvalue weighted by molar-refractivity contribution is 0.0693. The molecule has 1 aliphatic rings. The Morgan fingerprint density at radius 1 is 1.58 bits per heavy atom. The highest BCUT2D eigenvalue weighted by Gasteiger charge is 2.23. The van der Waals surface area contributed by atoms with Gasteiger partial charge in [-0.1, -0.05) is 6.07 Å². The van der Waals surface area contributed by atoms with Gasteiger partial charge in [0, 0.05) is 6.04 Å². The van der Waals surface area contributed by atoms with Crippen LogP contribution in [0.15, 0.2) is 18.2 Å². The second-order valence-corrected chi connectivity index (χ2v) is 4.63. The number of hydrogen-bond donors (Lipinski definition) is 2. The number of carboxylic acid groups (broad SMARTS) is 1. The Morgan fingerprint density at radius 2 is 2.37 bits per heavy atom. The number of aromatic nitrogens is 2. The Hall–Kier alpha value is -2.08. The van der Waals surface area contributed by atoms with Crippen LogP contribution in [0.2, 0.25) is 0 Å². The number of pyridine rings is 1. The fourth-order valence-electron chi connectivity index (χ4n) is 2.14. The summed E-state index contributed by atoms with van der Waals surface area (Å²) < 4.78 is 7.03. The van der Waals surface area contributed by atoms with Crippen molar-refractivity contribution in [2.45, 2.75) is 25.4 Å². The van der Waals surface area contributed by atoms with Gasteiger partial charge < -0.3 is 15.2 Å². The normalized spacial score (nSPS) is 14.8. The van der Waals surface area contributed by atoms with Crippen LogP contribution in [0.25, 0.3) is 5.52 Å². The Morgan fingerprint density at radius 3 is 3.00 bits per heavy atom. The summed E-state index contributed by atoms with van der Waals surface area (Å²) in [6.07, 6.45) is 2.35. The van der Waals surface area contributed by atoms with Crippen LogP contribution in [0.5, 0.6) is 5.88 Å². The van der Waals surface area contributed by atoms with E-state index in [-0.39, 0.29) is 5.69 Å². The summed E-state index contributed by atoms with van der Waals surface area (Å²) in [7, 11) is 1.56. The van der Waals surface area contributed by atoms with Gasteiger partial charge in [0.1, 0.15) is 5.82 Å². The summed E-state index contributed by atoms with van der Waals surface area (Å²) in [6, 6.07) is 5.83. The summed E-state index contributed by atoms with van der Waals surface area (Å²) >= 11 is 0. The minimum atomic E-state index is -1.02. The largest absolute Gasteiger partial charge is 0.482 e. The quantitative estimate of drug-likeness (QED) is 0.848. The average molecular weight is 261 g/mol. The first-order chi connectivity index (χ1) is 9.20. The van der Waals surface area contributed by atoms with Crippen LogP contribution in [0, 0.1) is 0 Å². The maximum atomic E-state index is 11.2. The lowest BCUT2D eigenvalue weighted by atomic mass is 10.3. The molecule has 6 nitrogen and oxygen atoms in total. The van der Waals surface area contributed by atoms with E-state index in [0.29, 0.717) is 29.8 Å². The number of nitrogens with one attached hydrogen (secondary N) is 1. The molecule has 0 aliphatic heterocycles. The van der Waals surface area contributed by atoms with Crippen LogP contribution in [0.3, 0.4) is 0 Å². The molecule has 19 heavy (non-hydrogen) atoms. The van der Waals surface area contributed by atoms with E-state index in [2.05, 4.69) is 10.3 Å². The van der Waals surface area contributed by atoms with Crippen molar-refractivity contribution >= 4 is 11.5 Å². The lowest BCUT2D eigenvalue weighted by Crippen LogP contribution is -2.17. The molecule has 0 saturated heterocycles. The van der Waals surface area contributed by atoms with E-state index in [9.17, 15) is 9.90 Å². The molecule has 3 rings (SSSR count). The first-order valence-corrected chi connectivity index (χ1v) is 6.21. The van der Waals surface area contributed by atoms with E-state index in [1.165, 1.54) is 12.8 Å². The van der Waals surface area contributed by atoms with Crippen molar-refractivity contribution in [3.05, 3.63) is 29.7 Å². The molecule has 0 spiro atoms. The van der Waals surface area contributed by atoms with Gasteiger partial charge in [0.15, 0.2) is 11.6 Å². The molecule has 2 aromatic rings. The monoisotopic (exact) mass is 261 g/mol. The lowest BCUT2D eigenvalue weighted by Gasteiger charge is -2.07. The van der Waals surface area contributed by atoms with Crippen molar-refractivity contribution in [3.8, 4) is 5.88 Å². The average Bonchev–Trinajstić information content (AvgIpc) is 3.16. The zero-order chi connectivity index (χ0) is 13.4. The summed E-state index contributed by atoms with van der Waals surface area (Å²) in [5, 5.41) is 12.5. The van der Waals surface area contributed by atoms with Crippen LogP contribution in [-0.2, 0) is 6.54 Å². The summed E-state index contributed by atoms with van der Waals surface area (Å²) in [5.41, 5.74) is 0.617. The van der Waals surface area contributed by atoms with Gasteiger partial charge in [-0.2, -0.15) is 0 Å². The van der Waals surface area contributed by atoms with Crippen LogP contribution in [0.4, 0.5) is 0 Å². The fraction of sp³-hybridized carbons (Fsp3) is 0.385. The van der Waals surface area contributed by atoms with Crippen LogP contribution < -0.4 is 10.1 Å². The number of nitrogens with zero attached hydrogens (tertiary/aromatic N) is 2. The molecule has 1 saturated carbocycles. The second kappa shape index (κ2) is 4.55. The standard InChI is InChI=1S/C13H15N3O3/c1-19-11-4-2-3-9-12(13(17)18)15-10(16(9)11)7-14-8-5-6-8/h2-4,8,14H,5-7H2,1H3,(H,17,18). The van der Waals surface area contributed by atoms with Gasteiger partial charge in [0.05, 0.1) is 19.2 Å². The molecule has 2 N–H and O–H groups in total. The number of ether oxygens (including phenoxy) is 1. The fourth-order valence-corrected chi connectivity index (χ4v) is 2.14. The molecule has 0 radical (unpaired) electrons. The Kier molecular flexibility index (Phi) is 2.87. The molecule has 0 amide bonds. The highest BCUT2D eigenvalue weighted by Crippen LogP contribution is 2.23. The van der Waals surface area contributed by atoms with Crippen molar-refractivity contribution < 1.29 is 14.6 Å². The second-order valence-electron chi connectivity index (χ2n) is 4.63. The first-order valence-electron chi connectivity index (χ1n) is 6.21. The Bertz CT molecular complexity index is 631. The molecule has 0 aromatic carbocycles. The third kappa shape index (κ3) is 2.15. The molecule has 1 fully saturated rings. The van der Waals surface area contributed by atoms with Gasteiger partial charge in [-0.25, -0.2) is 9.78 Å². The molecule has 100 valence electrons. The van der Waals surface area contributed by atoms with Gasteiger partial charge in [-0.05, 0) is 25.0 Å². The number of carboxylic acids is 1. The van der Waals surface area contributed by atoms with Crippen molar-refractivity contribution in [2.75, 3.05) is 7.11 Å². The number of hydrogen-bond acceptors (Lipinski definition) is 4. The van der Waals surface area contributed by atoms with E-state index in [4.69, 9.17) is 4.74 Å². The van der Waals surface area contributed by atoms with Gasteiger partial charge >= 0.3 is 5.97 Å². The van der Waals surface area contributed by atoms with E-state index >= 15 is 0 Å². The molecule has 0 bridgehead atoms. The molecular weight excluding hydrogens is 246 g/mol. The van der Waals surface area contributed by atoms with Gasteiger partial charge in [0.2, 0.25) is 0 Å². The van der Waals surface area contributed by atoms with Crippen molar-refractivity contribution in [1.82, 2.24) is 14.7 Å². The van der Waals surface area contributed by atoms with Gasteiger partial charge in [-0.15, -0.1) is 0 Å². The molecular formula is C13H15N3O3. The zero-order valence-corrected chi connectivity index (χ0v) is 10.6. The molecule has 1 aliphatic carbocycles. The third-order valence-corrected chi connectivity index (χ3v) is 3.23. The van der Waals surface area contributed by atoms with Crippen molar-refractivity contribution in [2.24, 2.45) is 0 Å². The van der Waals surface area contributed by atoms with Crippen LogP contribution in [0.1, 0.15) is 29.2 Å². The number of carbonyl (C=O) groups is 1. The maximum absolute atomic E-state index is 11.2. The molecule has 0 unspecified atom stereocenters. The molecule has 2 aromatic heterocycles. The Balaban J connectivity index is 2.09. The smallest absolute Gasteiger partial charge is 0.356 e. The van der Waals surface area contributed by atoms with Crippen LogP contribution in [-0.4, -0.2) is 33.6 Å². The predicted molar refractivity (Wildman–Crippen MR) is 68.6 cm³/mol. The topological polar surface area (TPSA) is 75.9 Å². The third-order valence-electron chi connectivity index (χ3n) is 3.23. The van der Waals surface area contributed by atoms with E-state index in [1.807, 2.05) is 0 Å². The van der Waals surface area contributed by atoms with Crippen molar-refractivity contribution in [3.63, 3.8) is 0 Å². The SMILES string of the molecule is COc1cccc2c(C(=O)O)nc(CNC3CC3)n12. The predicted octanol–water partition coefficient (Wildman–Crippen LogP) is 1.29. The van der Waals surface area contributed by atoms with Crippen LogP contribution >= 0.6 is 0 Å². The minimum Gasteiger partial charge on any atom is -0.482 e. The Labute approximate surface area is 110 Å². The minimum absolute atomic E-state index is 0.0616. The zero-order valence-electron chi connectivity index (χ0n) is 10.6. The van der Waals surface area contributed by atoms with E-state index < -0.39 is 5.97 Å². The molecule has 6 heteroatoms. The van der Waals surface area contributed by atoms with Crippen molar-refractivity contribution in [1.29, 1.82) is 0 Å². The van der Waals surface area contributed by atoms with E-state index in [0.717, 1.165) is 0 Å². The number of rotatable bonds is 5. The highest BCUT2D eigenvalue weighted by molar-refractivity contribution is 5.93. The molecule has 0 atom stereocenters. The maximum Gasteiger partial charge on any atom is 0.356 e.